The number of ether oxygens (including phenoxy) is 1. The van der Waals surface area contributed by atoms with Crippen LogP contribution in [0, 0.1) is 0 Å². The molecular weight excluding hydrogens is 310 g/mol. The Bertz CT molecular complexity index is 801. The van der Waals surface area contributed by atoms with Gasteiger partial charge < -0.3 is 4.74 Å². The normalized spacial score (nSPS) is 19.8. The molecule has 0 radical (unpaired) electrons. The maximum absolute atomic E-state index is 12.9. The number of sulfonamides is 1. The zero-order valence-electron chi connectivity index (χ0n) is 13.7. The first kappa shape index (κ1) is 16.3. The summed E-state index contributed by atoms with van der Waals surface area (Å²) in [5.41, 5.74) is 0. The number of rotatable bonds is 4. The third-order valence-corrected chi connectivity index (χ3v) is 6.45. The molecule has 1 aliphatic heterocycles. The number of nitrogens with zero attached hydrogens (tertiary/aromatic N) is 1. The first-order valence-corrected chi connectivity index (χ1v) is 9.65. The molecule has 0 N–H and O–H groups in total. The molecule has 0 aliphatic carbocycles. The highest BCUT2D eigenvalue weighted by molar-refractivity contribution is 7.89. The van der Waals surface area contributed by atoms with E-state index >= 15 is 0 Å². The highest BCUT2D eigenvalue weighted by Gasteiger charge is 2.30. The van der Waals surface area contributed by atoms with Gasteiger partial charge in [0.15, 0.2) is 0 Å². The Hall–Kier alpha value is -1.59. The van der Waals surface area contributed by atoms with Gasteiger partial charge in [0.25, 0.3) is 0 Å². The third kappa shape index (κ3) is 3.21. The molecule has 2 aromatic carbocycles. The fourth-order valence-corrected chi connectivity index (χ4v) is 4.92. The van der Waals surface area contributed by atoms with Crippen LogP contribution in [-0.4, -0.2) is 31.9 Å². The smallest absolute Gasteiger partial charge is 0.243 e. The summed E-state index contributed by atoms with van der Waals surface area (Å²) in [5, 5.41) is 1.90. The minimum atomic E-state index is -3.42. The number of piperidine rings is 1. The number of benzene rings is 2. The van der Waals surface area contributed by atoms with Gasteiger partial charge in [0.05, 0.1) is 11.5 Å². The summed E-state index contributed by atoms with van der Waals surface area (Å²) in [7, 11) is -3.42. The van der Waals surface area contributed by atoms with E-state index in [-0.39, 0.29) is 6.04 Å². The van der Waals surface area contributed by atoms with Crippen molar-refractivity contribution in [3.05, 3.63) is 36.4 Å². The zero-order valence-corrected chi connectivity index (χ0v) is 14.5. The van der Waals surface area contributed by atoms with Crippen LogP contribution < -0.4 is 4.74 Å². The van der Waals surface area contributed by atoms with Gasteiger partial charge in [0, 0.05) is 12.6 Å². The van der Waals surface area contributed by atoms with Gasteiger partial charge in [0.1, 0.15) is 5.75 Å². The number of hydrogen-bond donors (Lipinski definition) is 0. The number of fused-ring (bicyclic) bond motifs is 1. The van der Waals surface area contributed by atoms with Gasteiger partial charge in [-0.2, -0.15) is 4.31 Å². The molecule has 0 aromatic heterocycles. The fraction of sp³-hybridized carbons (Fsp3) is 0.444. The summed E-state index contributed by atoms with van der Waals surface area (Å²) in [4.78, 5) is 0.378. The van der Waals surface area contributed by atoms with Crippen molar-refractivity contribution in [3.63, 3.8) is 0 Å². The molecule has 3 rings (SSSR count). The van der Waals surface area contributed by atoms with Crippen molar-refractivity contribution in [1.29, 1.82) is 0 Å². The van der Waals surface area contributed by atoms with Crippen molar-refractivity contribution in [2.24, 2.45) is 0 Å². The van der Waals surface area contributed by atoms with Gasteiger partial charge in [-0.3, -0.25) is 0 Å². The second-order valence-corrected chi connectivity index (χ2v) is 7.95. The first-order valence-electron chi connectivity index (χ1n) is 8.21. The Kier molecular flexibility index (Phi) is 4.60. The molecule has 4 nitrogen and oxygen atoms in total. The Balaban J connectivity index is 1.97. The second kappa shape index (κ2) is 6.49. The van der Waals surface area contributed by atoms with Crippen LogP contribution in [0.4, 0.5) is 0 Å². The maximum Gasteiger partial charge on any atom is 0.243 e. The van der Waals surface area contributed by atoms with Gasteiger partial charge in [-0.15, -0.1) is 0 Å². The van der Waals surface area contributed by atoms with E-state index in [9.17, 15) is 8.42 Å². The van der Waals surface area contributed by atoms with Gasteiger partial charge in [-0.1, -0.05) is 18.6 Å². The van der Waals surface area contributed by atoms with E-state index in [2.05, 4.69) is 0 Å². The van der Waals surface area contributed by atoms with E-state index in [0.717, 1.165) is 35.8 Å². The molecule has 1 fully saturated rings. The Morgan fingerprint density at radius 1 is 1.13 bits per heavy atom. The minimum Gasteiger partial charge on any atom is -0.494 e. The van der Waals surface area contributed by atoms with Crippen LogP contribution in [0.2, 0.25) is 0 Å². The van der Waals surface area contributed by atoms with Crippen LogP contribution in [0.3, 0.4) is 0 Å². The molecule has 0 unspecified atom stereocenters. The summed E-state index contributed by atoms with van der Waals surface area (Å²) < 4.78 is 33.0. The molecule has 0 bridgehead atoms. The van der Waals surface area contributed by atoms with Gasteiger partial charge in [-0.05, 0) is 61.7 Å². The summed E-state index contributed by atoms with van der Waals surface area (Å²) in [6.45, 7) is 5.17. The van der Waals surface area contributed by atoms with Gasteiger partial charge in [0.2, 0.25) is 10.0 Å². The van der Waals surface area contributed by atoms with E-state index in [1.807, 2.05) is 38.1 Å². The van der Waals surface area contributed by atoms with Gasteiger partial charge in [-0.25, -0.2) is 8.42 Å². The molecule has 1 saturated heterocycles. The van der Waals surface area contributed by atoms with E-state index in [1.54, 1.807) is 16.4 Å². The summed E-state index contributed by atoms with van der Waals surface area (Å²) >= 11 is 0. The molecule has 0 spiro atoms. The Morgan fingerprint density at radius 2 is 1.87 bits per heavy atom. The van der Waals surface area contributed by atoms with Crippen molar-refractivity contribution in [2.75, 3.05) is 13.2 Å². The lowest BCUT2D eigenvalue weighted by atomic mass is 10.1. The van der Waals surface area contributed by atoms with Crippen molar-refractivity contribution in [3.8, 4) is 5.75 Å². The quantitative estimate of drug-likeness (QED) is 0.855. The van der Waals surface area contributed by atoms with Crippen molar-refractivity contribution >= 4 is 20.8 Å². The SMILES string of the molecule is CCOc1ccc2cc(S(=O)(=O)N3CCCC[C@@H]3C)ccc2c1. The van der Waals surface area contributed by atoms with Crippen LogP contribution in [0.25, 0.3) is 10.8 Å². The second-order valence-electron chi connectivity index (χ2n) is 6.06. The lowest BCUT2D eigenvalue weighted by molar-refractivity contribution is 0.268. The lowest BCUT2D eigenvalue weighted by Crippen LogP contribution is -2.41. The van der Waals surface area contributed by atoms with Crippen LogP contribution in [-0.2, 0) is 10.0 Å². The predicted octanol–water partition coefficient (Wildman–Crippen LogP) is 3.80. The average Bonchev–Trinajstić information content (AvgIpc) is 2.55. The highest BCUT2D eigenvalue weighted by Crippen LogP contribution is 2.28. The van der Waals surface area contributed by atoms with Gasteiger partial charge >= 0.3 is 0 Å². The van der Waals surface area contributed by atoms with Crippen LogP contribution in [0.5, 0.6) is 5.75 Å². The fourth-order valence-electron chi connectivity index (χ4n) is 3.18. The van der Waals surface area contributed by atoms with Crippen molar-refractivity contribution in [2.45, 2.75) is 44.0 Å². The standard InChI is InChI=1S/C18H23NO3S/c1-3-22-17-9-7-16-13-18(10-8-15(16)12-17)23(20,21)19-11-5-4-6-14(19)2/h7-10,12-14H,3-6,11H2,1-2H3/t14-/m0/s1. The molecule has 0 amide bonds. The Morgan fingerprint density at radius 3 is 2.61 bits per heavy atom. The molecule has 1 atom stereocenters. The van der Waals surface area contributed by atoms with E-state index in [0.29, 0.717) is 18.0 Å². The molecule has 2 aromatic rings. The summed E-state index contributed by atoms with van der Waals surface area (Å²) in [6, 6.07) is 11.1. The topological polar surface area (TPSA) is 46.6 Å². The first-order chi connectivity index (χ1) is 11.0. The Labute approximate surface area is 138 Å². The molecule has 5 heteroatoms. The van der Waals surface area contributed by atoms with Crippen molar-refractivity contribution in [1.82, 2.24) is 4.31 Å². The van der Waals surface area contributed by atoms with E-state index in [1.165, 1.54) is 0 Å². The lowest BCUT2D eigenvalue weighted by Gasteiger charge is -2.32. The van der Waals surface area contributed by atoms with E-state index in [4.69, 9.17) is 4.74 Å². The summed E-state index contributed by atoms with van der Waals surface area (Å²) in [6.07, 6.45) is 2.98. The van der Waals surface area contributed by atoms with Crippen LogP contribution >= 0.6 is 0 Å². The molecule has 124 valence electrons. The third-order valence-electron chi connectivity index (χ3n) is 4.44. The van der Waals surface area contributed by atoms with Crippen molar-refractivity contribution < 1.29 is 13.2 Å². The maximum atomic E-state index is 12.9. The largest absolute Gasteiger partial charge is 0.494 e. The van der Waals surface area contributed by atoms with Crippen LogP contribution in [0.15, 0.2) is 41.3 Å². The molecule has 1 aliphatic rings. The summed E-state index contributed by atoms with van der Waals surface area (Å²) in [5.74, 6) is 0.806. The average molecular weight is 333 g/mol. The molecule has 1 heterocycles. The molecular formula is C18H23NO3S. The predicted molar refractivity (Wildman–Crippen MR) is 92.3 cm³/mol. The zero-order chi connectivity index (χ0) is 16.4. The van der Waals surface area contributed by atoms with E-state index < -0.39 is 10.0 Å². The molecule has 0 saturated carbocycles. The highest BCUT2D eigenvalue weighted by atomic mass is 32.2. The number of hydrogen-bond acceptors (Lipinski definition) is 3. The van der Waals surface area contributed by atoms with Crippen LogP contribution in [0.1, 0.15) is 33.1 Å². The minimum absolute atomic E-state index is 0.0739. The molecule has 23 heavy (non-hydrogen) atoms. The monoisotopic (exact) mass is 333 g/mol.